The van der Waals surface area contributed by atoms with Gasteiger partial charge in [-0.25, -0.2) is 4.68 Å². The number of halogens is 3. The van der Waals surface area contributed by atoms with Gasteiger partial charge in [0, 0.05) is 45.6 Å². The Balaban J connectivity index is 1.03. The van der Waals surface area contributed by atoms with Crippen LogP contribution in [0.15, 0.2) is 60.8 Å². The van der Waals surface area contributed by atoms with Crippen molar-refractivity contribution in [1.82, 2.24) is 30.1 Å². The first kappa shape index (κ1) is 27.6. The Hall–Kier alpha value is -3.93. The molecule has 2 fully saturated rings. The van der Waals surface area contributed by atoms with Gasteiger partial charge in [0.25, 0.3) is 5.91 Å². The maximum absolute atomic E-state index is 12.7. The lowest BCUT2D eigenvalue weighted by molar-refractivity contribution is -0.137. The second kappa shape index (κ2) is 12.1. The van der Waals surface area contributed by atoms with E-state index >= 15 is 0 Å². The number of nitrogens with one attached hydrogen (secondary N) is 1. The van der Waals surface area contributed by atoms with Gasteiger partial charge in [-0.05, 0) is 36.2 Å². The molecule has 1 N–H and O–H groups in total. The molecule has 0 radical (unpaired) electrons. The number of carbonyl (C=O) groups is 2. The molecule has 3 aromatic rings. The van der Waals surface area contributed by atoms with Crippen molar-refractivity contribution in [2.24, 2.45) is 0 Å². The molecule has 9 nitrogen and oxygen atoms in total. The summed E-state index contributed by atoms with van der Waals surface area (Å²) in [5.41, 5.74) is 0.689. The molecule has 2 saturated heterocycles. The Morgan fingerprint density at radius 3 is 2.40 bits per heavy atom. The van der Waals surface area contributed by atoms with Crippen molar-refractivity contribution >= 4 is 11.8 Å². The van der Waals surface area contributed by atoms with E-state index < -0.39 is 17.6 Å². The summed E-state index contributed by atoms with van der Waals surface area (Å²) in [6, 6.07) is 15.0. The smallest absolute Gasteiger partial charge is 0.416 e. The number of piperidine rings is 1. The van der Waals surface area contributed by atoms with Crippen LogP contribution >= 0.6 is 0 Å². The fourth-order valence-corrected chi connectivity index (χ4v) is 5.07. The van der Waals surface area contributed by atoms with E-state index in [4.69, 9.17) is 4.74 Å². The van der Waals surface area contributed by atoms with Gasteiger partial charge >= 0.3 is 6.18 Å². The van der Waals surface area contributed by atoms with Crippen LogP contribution in [0.4, 0.5) is 13.2 Å². The summed E-state index contributed by atoms with van der Waals surface area (Å²) in [5, 5.41) is 10.8. The molecule has 0 saturated carbocycles. The molecule has 5 rings (SSSR count). The summed E-state index contributed by atoms with van der Waals surface area (Å²) in [7, 11) is 0. The molecule has 2 aliphatic heterocycles. The van der Waals surface area contributed by atoms with Gasteiger partial charge < -0.3 is 15.0 Å². The Morgan fingerprint density at radius 2 is 1.70 bits per heavy atom. The minimum absolute atomic E-state index is 0.130. The highest BCUT2D eigenvalue weighted by molar-refractivity contribution is 5.94. The molecule has 0 bridgehead atoms. The predicted molar refractivity (Wildman–Crippen MR) is 139 cm³/mol. The maximum atomic E-state index is 12.7. The van der Waals surface area contributed by atoms with Crippen molar-refractivity contribution in [3.05, 3.63) is 77.6 Å². The number of hydrogen-bond donors (Lipinski definition) is 1. The summed E-state index contributed by atoms with van der Waals surface area (Å²) < 4.78 is 45.7. The molecule has 1 aromatic heterocycles. The van der Waals surface area contributed by atoms with E-state index in [-0.39, 0.29) is 30.3 Å². The summed E-state index contributed by atoms with van der Waals surface area (Å²) in [4.78, 5) is 29.2. The lowest BCUT2D eigenvalue weighted by atomic mass is 10.1. The molecule has 0 spiro atoms. The van der Waals surface area contributed by atoms with Crippen LogP contribution in [0, 0.1) is 0 Å². The monoisotopic (exact) mass is 556 g/mol. The van der Waals surface area contributed by atoms with E-state index in [1.807, 2.05) is 18.2 Å². The second-order valence-electron chi connectivity index (χ2n) is 10.1. The molecule has 12 heteroatoms. The standard InChI is InChI=1S/C28H31F3N6O3/c29-28(30,31)21-6-8-23(9-7-21)40-24-11-14-36(15-12-24)26(38)16-32-27(39)25-19-37(34-33-25)22-10-13-35(18-22)17-20-4-2-1-3-5-20/h1-9,19,22,24H,10-18H2,(H,32,39). The topological polar surface area (TPSA) is 92.6 Å². The quantitative estimate of drug-likeness (QED) is 0.457. The normalized spacial score (nSPS) is 18.6. The average Bonchev–Trinajstić information content (AvgIpc) is 3.63. The zero-order chi connectivity index (χ0) is 28.1. The summed E-state index contributed by atoms with van der Waals surface area (Å²) >= 11 is 0. The Labute approximate surface area is 229 Å². The summed E-state index contributed by atoms with van der Waals surface area (Å²) in [6.45, 7) is 3.30. The molecule has 40 heavy (non-hydrogen) atoms. The Morgan fingerprint density at radius 1 is 0.975 bits per heavy atom. The molecular weight excluding hydrogens is 525 g/mol. The van der Waals surface area contributed by atoms with Gasteiger partial charge in [-0.15, -0.1) is 5.10 Å². The van der Waals surface area contributed by atoms with Crippen molar-refractivity contribution in [2.45, 2.75) is 44.1 Å². The van der Waals surface area contributed by atoms with E-state index in [1.165, 1.54) is 17.7 Å². The number of amides is 2. The van der Waals surface area contributed by atoms with Gasteiger partial charge in [0.2, 0.25) is 5.91 Å². The van der Waals surface area contributed by atoms with Crippen LogP contribution in [-0.4, -0.2) is 75.4 Å². The molecule has 0 aliphatic carbocycles. The highest BCUT2D eigenvalue weighted by Gasteiger charge is 2.31. The van der Waals surface area contributed by atoms with Crippen molar-refractivity contribution in [3.63, 3.8) is 0 Å². The molecule has 2 aromatic carbocycles. The van der Waals surface area contributed by atoms with E-state index in [9.17, 15) is 22.8 Å². The molecule has 212 valence electrons. The summed E-state index contributed by atoms with van der Waals surface area (Å²) in [5.74, 6) is -0.320. The van der Waals surface area contributed by atoms with E-state index in [2.05, 4.69) is 32.7 Å². The number of hydrogen-bond acceptors (Lipinski definition) is 6. The molecular formula is C28H31F3N6O3. The first-order valence-electron chi connectivity index (χ1n) is 13.3. The fourth-order valence-electron chi connectivity index (χ4n) is 5.07. The third-order valence-electron chi connectivity index (χ3n) is 7.29. The van der Waals surface area contributed by atoms with Crippen molar-refractivity contribution in [3.8, 4) is 5.75 Å². The first-order chi connectivity index (χ1) is 19.2. The summed E-state index contributed by atoms with van der Waals surface area (Å²) in [6.07, 6.45) is -0.981. The number of aromatic nitrogens is 3. The van der Waals surface area contributed by atoms with Crippen LogP contribution in [0.25, 0.3) is 0 Å². The zero-order valence-corrected chi connectivity index (χ0v) is 21.9. The largest absolute Gasteiger partial charge is 0.490 e. The van der Waals surface area contributed by atoms with Gasteiger partial charge in [-0.3, -0.25) is 14.5 Å². The van der Waals surface area contributed by atoms with E-state index in [1.54, 1.807) is 15.8 Å². The number of carbonyl (C=O) groups excluding carboxylic acids is 2. The minimum Gasteiger partial charge on any atom is -0.490 e. The van der Waals surface area contributed by atoms with Gasteiger partial charge in [-0.1, -0.05) is 35.5 Å². The van der Waals surface area contributed by atoms with Crippen LogP contribution in [0.1, 0.15) is 46.9 Å². The van der Waals surface area contributed by atoms with Crippen molar-refractivity contribution in [2.75, 3.05) is 32.7 Å². The van der Waals surface area contributed by atoms with Gasteiger partial charge in [0.05, 0.1) is 24.3 Å². The van der Waals surface area contributed by atoms with Crippen molar-refractivity contribution < 1.29 is 27.5 Å². The van der Waals surface area contributed by atoms with Crippen LogP contribution in [0.2, 0.25) is 0 Å². The third-order valence-corrected chi connectivity index (χ3v) is 7.29. The number of benzene rings is 2. The SMILES string of the molecule is O=C(NCC(=O)N1CCC(Oc2ccc(C(F)(F)F)cc2)CC1)c1cn(C2CCN(Cc3ccccc3)C2)nn1. The van der Waals surface area contributed by atoms with Gasteiger partial charge in [-0.2, -0.15) is 13.2 Å². The van der Waals surface area contributed by atoms with Crippen LogP contribution < -0.4 is 10.1 Å². The third kappa shape index (κ3) is 6.98. The highest BCUT2D eigenvalue weighted by atomic mass is 19.4. The number of rotatable bonds is 8. The van der Waals surface area contributed by atoms with E-state index in [0.29, 0.717) is 31.7 Å². The van der Waals surface area contributed by atoms with E-state index in [0.717, 1.165) is 38.2 Å². The maximum Gasteiger partial charge on any atom is 0.416 e. The van der Waals surface area contributed by atoms with Crippen LogP contribution in [0.5, 0.6) is 5.75 Å². The molecule has 3 heterocycles. The molecule has 1 unspecified atom stereocenters. The van der Waals surface area contributed by atoms with Crippen molar-refractivity contribution in [1.29, 1.82) is 0 Å². The second-order valence-corrected chi connectivity index (χ2v) is 10.1. The number of ether oxygens (including phenoxy) is 1. The molecule has 1 atom stereocenters. The number of alkyl halides is 3. The Kier molecular flexibility index (Phi) is 8.34. The average molecular weight is 557 g/mol. The predicted octanol–water partition coefficient (Wildman–Crippen LogP) is 3.54. The fraction of sp³-hybridized carbons (Fsp3) is 0.429. The van der Waals surface area contributed by atoms with Crippen LogP contribution in [0.3, 0.4) is 0 Å². The molecule has 2 amide bonds. The Bertz CT molecular complexity index is 1290. The van der Waals surface area contributed by atoms with Crippen LogP contribution in [-0.2, 0) is 17.5 Å². The first-order valence-corrected chi connectivity index (χ1v) is 13.3. The van der Waals surface area contributed by atoms with Gasteiger partial charge in [0.1, 0.15) is 11.9 Å². The highest BCUT2D eigenvalue weighted by Crippen LogP contribution is 2.31. The van der Waals surface area contributed by atoms with Gasteiger partial charge in [0.15, 0.2) is 5.69 Å². The molecule has 2 aliphatic rings. The minimum atomic E-state index is -4.39. The number of likely N-dealkylation sites (tertiary alicyclic amines) is 2. The number of nitrogens with zero attached hydrogens (tertiary/aromatic N) is 5. The lowest BCUT2D eigenvalue weighted by Crippen LogP contribution is -2.46. The lowest BCUT2D eigenvalue weighted by Gasteiger charge is -2.32. The zero-order valence-electron chi connectivity index (χ0n) is 21.9.